The van der Waals surface area contributed by atoms with Crippen LogP contribution in [0.5, 0.6) is 0 Å². The molecule has 0 spiro atoms. The van der Waals surface area contributed by atoms with E-state index in [-0.39, 0.29) is 0 Å². The Hall–Kier alpha value is -1.58. The molecule has 2 rings (SSSR count). The lowest BCUT2D eigenvalue weighted by atomic mass is 9.86. The fraction of sp³-hybridized carbons (Fsp3) is 0.600. The van der Waals surface area contributed by atoms with Gasteiger partial charge in [-0.15, -0.1) is 0 Å². The van der Waals surface area contributed by atoms with Crippen molar-refractivity contribution < 1.29 is 9.90 Å². The highest BCUT2D eigenvalue weighted by molar-refractivity contribution is 5.93. The number of carbonyl (C=O) groups is 1. The van der Waals surface area contributed by atoms with Crippen molar-refractivity contribution in [2.24, 2.45) is 5.92 Å². The molecule has 1 aliphatic rings. The van der Waals surface area contributed by atoms with E-state index in [9.17, 15) is 9.90 Å². The van der Waals surface area contributed by atoms with Crippen molar-refractivity contribution in [1.29, 1.82) is 0 Å². The summed E-state index contributed by atoms with van der Waals surface area (Å²) in [6, 6.07) is 3.81. The van der Waals surface area contributed by atoms with Crippen molar-refractivity contribution in [2.75, 3.05) is 11.9 Å². The molecule has 1 aromatic rings. The van der Waals surface area contributed by atoms with E-state index in [4.69, 9.17) is 0 Å². The quantitative estimate of drug-likeness (QED) is 0.909. The minimum atomic E-state index is -0.904. The van der Waals surface area contributed by atoms with Crippen LogP contribution in [0.15, 0.2) is 12.1 Å². The zero-order chi connectivity index (χ0) is 14.0. The van der Waals surface area contributed by atoms with Crippen molar-refractivity contribution in [2.45, 2.75) is 45.6 Å². The summed E-state index contributed by atoms with van der Waals surface area (Å²) >= 11 is 0. The monoisotopic (exact) mass is 262 g/mol. The third kappa shape index (κ3) is 3.06. The van der Waals surface area contributed by atoms with Gasteiger partial charge in [0.15, 0.2) is 0 Å². The highest BCUT2D eigenvalue weighted by Gasteiger charge is 2.25. The Morgan fingerprint density at radius 2 is 1.95 bits per heavy atom. The summed E-state index contributed by atoms with van der Waals surface area (Å²) in [5, 5.41) is 9.28. The molecule has 1 aromatic heterocycles. The summed E-state index contributed by atoms with van der Waals surface area (Å²) < 4.78 is 0. The highest BCUT2D eigenvalue weighted by atomic mass is 16.4. The second-order valence-electron chi connectivity index (χ2n) is 5.65. The first-order valence-corrected chi connectivity index (χ1v) is 6.92. The normalized spacial score (nSPS) is 23.1. The number of anilines is 1. The maximum atomic E-state index is 11.3. The van der Waals surface area contributed by atoms with E-state index in [1.54, 1.807) is 12.1 Å². The van der Waals surface area contributed by atoms with Crippen molar-refractivity contribution in [3.05, 3.63) is 23.4 Å². The zero-order valence-corrected chi connectivity index (χ0v) is 11.9. The largest absolute Gasteiger partial charge is 0.478 e. The van der Waals surface area contributed by atoms with Crippen molar-refractivity contribution in [3.8, 4) is 0 Å². The summed E-state index contributed by atoms with van der Waals surface area (Å²) in [5.74, 6) is 0.486. The Balaban J connectivity index is 2.25. The Morgan fingerprint density at radius 3 is 2.53 bits per heavy atom. The van der Waals surface area contributed by atoms with Crippen molar-refractivity contribution in [3.63, 3.8) is 0 Å². The molecule has 1 aliphatic carbocycles. The first kappa shape index (κ1) is 13.8. The number of hydrogen-bond donors (Lipinski definition) is 1. The number of nitrogens with zero attached hydrogens (tertiary/aromatic N) is 2. The van der Waals surface area contributed by atoms with E-state index in [1.165, 1.54) is 12.8 Å². The second-order valence-corrected chi connectivity index (χ2v) is 5.65. The van der Waals surface area contributed by atoms with Gasteiger partial charge >= 0.3 is 5.97 Å². The summed E-state index contributed by atoms with van der Waals surface area (Å²) in [7, 11) is 1.97. The van der Waals surface area contributed by atoms with E-state index >= 15 is 0 Å². The predicted octanol–water partition coefficient (Wildman–Crippen LogP) is 3.10. The molecule has 0 aliphatic heterocycles. The molecule has 0 bridgehead atoms. The molecule has 0 aromatic carbocycles. The molecule has 0 atom stereocenters. The van der Waals surface area contributed by atoms with Gasteiger partial charge in [-0.3, -0.25) is 0 Å². The van der Waals surface area contributed by atoms with E-state index in [0.717, 1.165) is 24.5 Å². The minimum Gasteiger partial charge on any atom is -0.478 e. The maximum Gasteiger partial charge on any atom is 0.339 e. The van der Waals surface area contributed by atoms with Crippen LogP contribution in [-0.2, 0) is 0 Å². The van der Waals surface area contributed by atoms with Gasteiger partial charge in [-0.25, -0.2) is 9.78 Å². The van der Waals surface area contributed by atoms with Gasteiger partial charge in [-0.2, -0.15) is 0 Å². The average Bonchev–Trinajstić information content (AvgIpc) is 2.38. The van der Waals surface area contributed by atoms with Crippen LogP contribution in [0.3, 0.4) is 0 Å². The molecular formula is C15H22N2O2. The van der Waals surface area contributed by atoms with Crippen LogP contribution in [-0.4, -0.2) is 29.1 Å². The standard InChI is InChI=1S/C15H22N2O2/c1-10-4-7-12(8-5-10)17(3)14-13(15(18)19)9-6-11(2)16-14/h6,9-10,12H,4-5,7-8H2,1-3H3,(H,18,19). The van der Waals surface area contributed by atoms with Crippen LogP contribution >= 0.6 is 0 Å². The third-order valence-electron chi connectivity index (χ3n) is 4.11. The van der Waals surface area contributed by atoms with E-state index in [2.05, 4.69) is 16.8 Å². The molecule has 4 heteroatoms. The number of aryl methyl sites for hydroxylation is 1. The van der Waals surface area contributed by atoms with E-state index < -0.39 is 5.97 Å². The number of aromatic nitrogens is 1. The smallest absolute Gasteiger partial charge is 0.339 e. The fourth-order valence-corrected chi connectivity index (χ4v) is 2.78. The Kier molecular flexibility index (Phi) is 4.08. The van der Waals surface area contributed by atoms with Gasteiger partial charge in [0.2, 0.25) is 0 Å². The second kappa shape index (κ2) is 5.59. The molecule has 0 amide bonds. The van der Waals surface area contributed by atoms with Crippen LogP contribution in [0.2, 0.25) is 0 Å². The molecule has 104 valence electrons. The van der Waals surface area contributed by atoms with Crippen LogP contribution in [0.25, 0.3) is 0 Å². The molecule has 1 fully saturated rings. The maximum absolute atomic E-state index is 11.3. The van der Waals surface area contributed by atoms with Gasteiger partial charge in [0.1, 0.15) is 11.4 Å². The molecule has 0 radical (unpaired) electrons. The molecular weight excluding hydrogens is 240 g/mol. The molecule has 1 heterocycles. The lowest BCUT2D eigenvalue weighted by Gasteiger charge is -2.35. The van der Waals surface area contributed by atoms with Gasteiger partial charge in [-0.1, -0.05) is 6.92 Å². The molecule has 1 saturated carbocycles. The van der Waals surface area contributed by atoms with Crippen LogP contribution in [0.4, 0.5) is 5.82 Å². The first-order chi connectivity index (χ1) is 8.99. The topological polar surface area (TPSA) is 53.4 Å². The van der Waals surface area contributed by atoms with Gasteiger partial charge in [0.05, 0.1) is 0 Å². The number of rotatable bonds is 3. The lowest BCUT2D eigenvalue weighted by Crippen LogP contribution is -2.36. The number of pyridine rings is 1. The lowest BCUT2D eigenvalue weighted by molar-refractivity contribution is 0.0697. The van der Waals surface area contributed by atoms with E-state index in [1.807, 2.05) is 14.0 Å². The molecule has 0 saturated heterocycles. The van der Waals surface area contributed by atoms with Crippen LogP contribution in [0, 0.1) is 12.8 Å². The third-order valence-corrected chi connectivity index (χ3v) is 4.11. The summed E-state index contributed by atoms with van der Waals surface area (Å²) in [6.45, 7) is 4.18. The van der Waals surface area contributed by atoms with Crippen molar-refractivity contribution >= 4 is 11.8 Å². The number of aromatic carboxylic acids is 1. The Labute approximate surface area is 114 Å². The Morgan fingerprint density at radius 1 is 1.32 bits per heavy atom. The summed E-state index contributed by atoms with van der Waals surface area (Å²) in [4.78, 5) is 17.8. The SMILES string of the molecule is Cc1ccc(C(=O)O)c(N(C)C2CCC(C)CC2)n1. The van der Waals surface area contributed by atoms with E-state index in [0.29, 0.717) is 17.4 Å². The van der Waals surface area contributed by atoms with Crippen molar-refractivity contribution in [1.82, 2.24) is 4.98 Å². The Bertz CT molecular complexity index is 465. The van der Waals surface area contributed by atoms with Gasteiger partial charge in [-0.05, 0) is 50.7 Å². The van der Waals surface area contributed by atoms with Crippen LogP contribution < -0.4 is 4.90 Å². The van der Waals surface area contributed by atoms with Crippen LogP contribution in [0.1, 0.15) is 48.7 Å². The molecule has 4 nitrogen and oxygen atoms in total. The number of carboxylic acids is 1. The predicted molar refractivity (Wildman–Crippen MR) is 75.8 cm³/mol. The highest BCUT2D eigenvalue weighted by Crippen LogP contribution is 2.30. The summed E-state index contributed by atoms with van der Waals surface area (Å²) in [6.07, 6.45) is 4.66. The minimum absolute atomic E-state index is 0.298. The molecule has 0 unspecified atom stereocenters. The molecule has 19 heavy (non-hydrogen) atoms. The van der Waals surface area contributed by atoms with Gasteiger partial charge in [0, 0.05) is 18.8 Å². The number of carboxylic acid groups (broad SMARTS) is 1. The van der Waals surface area contributed by atoms with Gasteiger partial charge < -0.3 is 10.0 Å². The van der Waals surface area contributed by atoms with Gasteiger partial charge in [0.25, 0.3) is 0 Å². The summed E-state index contributed by atoms with van der Waals surface area (Å²) in [5.41, 5.74) is 1.16. The number of hydrogen-bond acceptors (Lipinski definition) is 3. The molecule has 1 N–H and O–H groups in total. The average molecular weight is 262 g/mol. The zero-order valence-electron chi connectivity index (χ0n) is 11.9. The fourth-order valence-electron chi connectivity index (χ4n) is 2.78. The first-order valence-electron chi connectivity index (χ1n) is 6.92.